The van der Waals surface area contributed by atoms with Crippen LogP contribution < -0.4 is 0 Å². The van der Waals surface area contributed by atoms with Crippen LogP contribution in [-0.4, -0.2) is 29.1 Å². The molecule has 1 heterocycles. The second-order valence-electron chi connectivity index (χ2n) is 5.81. The third kappa shape index (κ3) is 5.88. The second kappa shape index (κ2) is 10.2. The van der Waals surface area contributed by atoms with Gasteiger partial charge in [0.25, 0.3) is 0 Å². The molecule has 1 atom stereocenters. The van der Waals surface area contributed by atoms with Crippen molar-refractivity contribution in [3.05, 3.63) is 12.4 Å². The summed E-state index contributed by atoms with van der Waals surface area (Å²) in [5, 5.41) is 0. The molecule has 0 aliphatic carbocycles. The maximum atomic E-state index is 2.57. The molecule has 1 rings (SSSR count). The van der Waals surface area contributed by atoms with Crippen molar-refractivity contribution in [1.29, 1.82) is 0 Å². The lowest BCUT2D eigenvalue weighted by molar-refractivity contribution is 0.140. The molecule has 0 aromatic carbocycles. The van der Waals surface area contributed by atoms with E-state index in [0.29, 0.717) is 6.17 Å². The van der Waals surface area contributed by atoms with Crippen LogP contribution in [0.1, 0.15) is 78.6 Å². The van der Waals surface area contributed by atoms with E-state index >= 15 is 0 Å². The zero-order valence-corrected chi connectivity index (χ0v) is 13.4. The van der Waals surface area contributed by atoms with Gasteiger partial charge in [0.2, 0.25) is 0 Å². The lowest BCUT2D eigenvalue weighted by Crippen LogP contribution is -2.39. The Morgan fingerprint density at radius 1 is 0.684 bits per heavy atom. The Labute approximate surface area is 120 Å². The quantitative estimate of drug-likeness (QED) is 0.487. The summed E-state index contributed by atoms with van der Waals surface area (Å²) >= 11 is 0. The molecule has 0 saturated carbocycles. The van der Waals surface area contributed by atoms with Gasteiger partial charge in [0.15, 0.2) is 0 Å². The number of nitrogens with zero attached hydrogens (tertiary/aromatic N) is 2. The van der Waals surface area contributed by atoms with Gasteiger partial charge >= 0.3 is 0 Å². The van der Waals surface area contributed by atoms with E-state index in [9.17, 15) is 0 Å². The van der Waals surface area contributed by atoms with Gasteiger partial charge in [-0.2, -0.15) is 0 Å². The highest BCUT2D eigenvalue weighted by Gasteiger charge is 2.23. The minimum atomic E-state index is 0.639. The van der Waals surface area contributed by atoms with E-state index in [2.05, 4.69) is 43.0 Å². The van der Waals surface area contributed by atoms with Crippen LogP contribution in [0.5, 0.6) is 0 Å². The Morgan fingerprint density at radius 3 is 1.95 bits per heavy atom. The van der Waals surface area contributed by atoms with Gasteiger partial charge in [-0.15, -0.1) is 0 Å². The first-order chi connectivity index (χ1) is 9.33. The van der Waals surface area contributed by atoms with Crippen LogP contribution in [0.15, 0.2) is 12.4 Å². The van der Waals surface area contributed by atoms with E-state index in [1.165, 1.54) is 70.9 Å². The van der Waals surface area contributed by atoms with Crippen LogP contribution in [0, 0.1) is 0 Å². The smallest absolute Gasteiger partial charge is 0.101 e. The van der Waals surface area contributed by atoms with Gasteiger partial charge in [-0.05, 0) is 19.3 Å². The summed E-state index contributed by atoms with van der Waals surface area (Å²) in [6, 6.07) is 0. The fraction of sp³-hybridized carbons (Fsp3) is 0.882. The molecule has 0 N–H and O–H groups in total. The highest BCUT2D eigenvalue weighted by atomic mass is 15.4. The third-order valence-corrected chi connectivity index (χ3v) is 4.01. The van der Waals surface area contributed by atoms with Crippen molar-refractivity contribution >= 4 is 0 Å². The third-order valence-electron chi connectivity index (χ3n) is 4.01. The van der Waals surface area contributed by atoms with Gasteiger partial charge in [-0.1, -0.05) is 59.3 Å². The lowest BCUT2D eigenvalue weighted by atomic mass is 10.1. The van der Waals surface area contributed by atoms with Gasteiger partial charge in [0.1, 0.15) is 6.17 Å². The predicted octanol–water partition coefficient (Wildman–Crippen LogP) is 4.97. The van der Waals surface area contributed by atoms with Crippen molar-refractivity contribution in [2.24, 2.45) is 0 Å². The Hall–Kier alpha value is -0.660. The van der Waals surface area contributed by atoms with Gasteiger partial charge in [0.05, 0.1) is 0 Å². The standard InChI is InChI=1S/C17H34N2/c1-4-7-8-9-10-11-14-19-16-15-18(13-6-3)17(19)12-5-2/h15-17H,4-14H2,1-3H3. The Bertz CT molecular complexity index is 237. The van der Waals surface area contributed by atoms with Crippen molar-refractivity contribution in [1.82, 2.24) is 9.80 Å². The van der Waals surface area contributed by atoms with E-state index in [0.717, 1.165) is 0 Å². The first-order valence-corrected chi connectivity index (χ1v) is 8.53. The van der Waals surface area contributed by atoms with Crippen molar-refractivity contribution in [3.63, 3.8) is 0 Å². The molecule has 112 valence electrons. The fourth-order valence-electron chi connectivity index (χ4n) is 2.93. The van der Waals surface area contributed by atoms with E-state index < -0.39 is 0 Å². The molecule has 1 aliphatic heterocycles. The molecular weight excluding hydrogens is 232 g/mol. The molecule has 0 aromatic heterocycles. The molecule has 0 bridgehead atoms. The summed E-state index contributed by atoms with van der Waals surface area (Å²) in [4.78, 5) is 5.10. The van der Waals surface area contributed by atoms with Gasteiger partial charge < -0.3 is 9.80 Å². The molecule has 2 heteroatoms. The van der Waals surface area contributed by atoms with Crippen LogP contribution in [0.2, 0.25) is 0 Å². The fourth-order valence-corrected chi connectivity index (χ4v) is 2.93. The molecule has 2 nitrogen and oxygen atoms in total. The molecule has 0 aromatic rings. The van der Waals surface area contributed by atoms with Crippen LogP contribution in [0.25, 0.3) is 0 Å². The zero-order valence-electron chi connectivity index (χ0n) is 13.4. The first-order valence-electron chi connectivity index (χ1n) is 8.53. The zero-order chi connectivity index (χ0) is 13.9. The summed E-state index contributed by atoms with van der Waals surface area (Å²) in [5.74, 6) is 0. The second-order valence-corrected chi connectivity index (χ2v) is 5.81. The summed E-state index contributed by atoms with van der Waals surface area (Å²) in [5.41, 5.74) is 0. The Kier molecular flexibility index (Phi) is 8.77. The molecule has 0 fully saturated rings. The van der Waals surface area contributed by atoms with Gasteiger partial charge in [-0.3, -0.25) is 0 Å². The molecule has 1 unspecified atom stereocenters. The van der Waals surface area contributed by atoms with Crippen molar-refractivity contribution in [3.8, 4) is 0 Å². The van der Waals surface area contributed by atoms with E-state index in [1.807, 2.05) is 0 Å². The average molecular weight is 266 g/mol. The van der Waals surface area contributed by atoms with E-state index in [-0.39, 0.29) is 0 Å². The number of unbranched alkanes of at least 4 members (excludes halogenated alkanes) is 5. The minimum Gasteiger partial charge on any atom is -0.356 e. The molecule has 0 saturated heterocycles. The summed E-state index contributed by atoms with van der Waals surface area (Å²) in [7, 11) is 0. The van der Waals surface area contributed by atoms with Gasteiger partial charge in [0, 0.05) is 25.5 Å². The maximum absolute atomic E-state index is 2.57. The largest absolute Gasteiger partial charge is 0.356 e. The van der Waals surface area contributed by atoms with Crippen LogP contribution in [-0.2, 0) is 0 Å². The van der Waals surface area contributed by atoms with Crippen LogP contribution in [0.3, 0.4) is 0 Å². The van der Waals surface area contributed by atoms with E-state index in [4.69, 9.17) is 0 Å². The highest BCUT2D eigenvalue weighted by Crippen LogP contribution is 2.21. The monoisotopic (exact) mass is 266 g/mol. The predicted molar refractivity (Wildman–Crippen MR) is 84.9 cm³/mol. The SMILES string of the molecule is CCCCCCCCN1C=CN(CCC)C1CCC. The summed E-state index contributed by atoms with van der Waals surface area (Å²) in [6.07, 6.45) is 17.4. The molecule has 19 heavy (non-hydrogen) atoms. The van der Waals surface area contributed by atoms with Crippen LogP contribution in [0.4, 0.5) is 0 Å². The summed E-state index contributed by atoms with van der Waals surface area (Å²) < 4.78 is 0. The normalized spacial score (nSPS) is 18.6. The number of hydrogen-bond donors (Lipinski definition) is 0. The molecule has 1 aliphatic rings. The Balaban J connectivity index is 2.22. The van der Waals surface area contributed by atoms with Crippen molar-refractivity contribution < 1.29 is 0 Å². The van der Waals surface area contributed by atoms with Crippen LogP contribution >= 0.6 is 0 Å². The molecular formula is C17H34N2. The Morgan fingerprint density at radius 2 is 1.32 bits per heavy atom. The molecule has 0 amide bonds. The highest BCUT2D eigenvalue weighted by molar-refractivity contribution is 4.96. The summed E-state index contributed by atoms with van der Waals surface area (Å²) in [6.45, 7) is 9.30. The average Bonchev–Trinajstić information content (AvgIpc) is 2.78. The van der Waals surface area contributed by atoms with E-state index in [1.54, 1.807) is 0 Å². The minimum absolute atomic E-state index is 0.639. The van der Waals surface area contributed by atoms with Gasteiger partial charge in [-0.25, -0.2) is 0 Å². The lowest BCUT2D eigenvalue weighted by Gasteiger charge is -2.32. The number of hydrogen-bond acceptors (Lipinski definition) is 2. The molecule has 0 spiro atoms. The van der Waals surface area contributed by atoms with Crippen molar-refractivity contribution in [2.75, 3.05) is 13.1 Å². The molecule has 0 radical (unpaired) electrons. The first kappa shape index (κ1) is 16.4. The maximum Gasteiger partial charge on any atom is 0.101 e. The topological polar surface area (TPSA) is 6.48 Å². The number of rotatable bonds is 11. The van der Waals surface area contributed by atoms with Crippen molar-refractivity contribution in [2.45, 2.75) is 84.7 Å².